The van der Waals surface area contributed by atoms with E-state index in [-0.39, 0.29) is 16.5 Å². The highest BCUT2D eigenvalue weighted by Crippen LogP contribution is 2.38. The average Bonchev–Trinajstić information content (AvgIpc) is 3.53. The maximum absolute atomic E-state index is 13.8. The maximum Gasteiger partial charge on any atom is 0.420 e. The molecule has 10 heteroatoms. The summed E-state index contributed by atoms with van der Waals surface area (Å²) >= 11 is 7.87. The Morgan fingerprint density at radius 3 is 2.74 bits per heavy atom. The fourth-order valence-electron chi connectivity index (χ4n) is 3.97. The van der Waals surface area contributed by atoms with Gasteiger partial charge >= 0.3 is 6.18 Å². The topological polar surface area (TPSA) is 50.5 Å². The number of fused-ring (bicyclic) bond motifs is 1. The first kappa shape index (κ1) is 20.3. The molecule has 0 bridgehead atoms. The SMILES string of the molecule is O=C(c1nc2c(C(F)(F)F)cc(C3=CCCC3)cn2c1Cl)N1CC=C(c2nccs2)C1. The first-order chi connectivity index (χ1) is 14.8. The Kier molecular flexibility index (Phi) is 4.90. The van der Waals surface area contributed by atoms with Gasteiger partial charge in [0.25, 0.3) is 5.91 Å². The maximum atomic E-state index is 13.8. The van der Waals surface area contributed by atoms with Crippen LogP contribution in [0, 0.1) is 0 Å². The molecule has 1 aliphatic heterocycles. The van der Waals surface area contributed by atoms with Gasteiger partial charge in [-0.3, -0.25) is 9.20 Å². The van der Waals surface area contributed by atoms with E-state index in [0.717, 1.165) is 35.1 Å². The third-order valence-corrected chi connectivity index (χ3v) is 6.70. The van der Waals surface area contributed by atoms with Crippen LogP contribution in [0.2, 0.25) is 5.15 Å². The Balaban J connectivity index is 1.54. The molecule has 1 amide bonds. The van der Waals surface area contributed by atoms with E-state index in [2.05, 4.69) is 9.97 Å². The van der Waals surface area contributed by atoms with Crippen LogP contribution in [0.3, 0.4) is 0 Å². The summed E-state index contributed by atoms with van der Waals surface area (Å²) in [4.78, 5) is 22.9. The van der Waals surface area contributed by atoms with Gasteiger partial charge in [0.15, 0.2) is 11.3 Å². The van der Waals surface area contributed by atoms with Crippen LogP contribution in [0.25, 0.3) is 16.8 Å². The van der Waals surface area contributed by atoms with Crippen molar-refractivity contribution in [2.75, 3.05) is 13.1 Å². The number of aromatic nitrogens is 3. The van der Waals surface area contributed by atoms with Crippen LogP contribution in [0.4, 0.5) is 13.2 Å². The summed E-state index contributed by atoms with van der Waals surface area (Å²) in [5.74, 6) is -0.508. The highest BCUT2D eigenvalue weighted by Gasteiger charge is 2.37. The van der Waals surface area contributed by atoms with Crippen molar-refractivity contribution in [3.05, 3.63) is 63.0 Å². The lowest BCUT2D eigenvalue weighted by atomic mass is 10.1. The van der Waals surface area contributed by atoms with Crippen molar-refractivity contribution in [1.82, 2.24) is 19.3 Å². The van der Waals surface area contributed by atoms with E-state index >= 15 is 0 Å². The summed E-state index contributed by atoms with van der Waals surface area (Å²) in [6.07, 6.45) is 4.86. The normalized spacial score (nSPS) is 16.8. The number of rotatable bonds is 3. The van der Waals surface area contributed by atoms with Gasteiger partial charge in [-0.25, -0.2) is 9.97 Å². The van der Waals surface area contributed by atoms with Crippen LogP contribution >= 0.6 is 22.9 Å². The second-order valence-corrected chi connectivity index (χ2v) is 8.71. The van der Waals surface area contributed by atoms with Gasteiger partial charge in [-0.15, -0.1) is 11.3 Å². The third kappa shape index (κ3) is 3.55. The largest absolute Gasteiger partial charge is 0.420 e. The van der Waals surface area contributed by atoms with Gasteiger partial charge < -0.3 is 4.90 Å². The predicted octanol–water partition coefficient (Wildman–Crippen LogP) is 5.57. The van der Waals surface area contributed by atoms with Crippen molar-refractivity contribution in [3.63, 3.8) is 0 Å². The molecule has 0 fully saturated rings. The lowest BCUT2D eigenvalue weighted by Gasteiger charge is -2.14. The van der Waals surface area contributed by atoms with Crippen LogP contribution < -0.4 is 0 Å². The highest BCUT2D eigenvalue weighted by molar-refractivity contribution is 7.10. The zero-order valence-corrected chi connectivity index (χ0v) is 17.7. The molecule has 0 atom stereocenters. The third-order valence-electron chi connectivity index (χ3n) is 5.49. The molecule has 1 aliphatic carbocycles. The second kappa shape index (κ2) is 7.49. The predicted molar refractivity (Wildman–Crippen MR) is 113 cm³/mol. The van der Waals surface area contributed by atoms with Gasteiger partial charge in [-0.2, -0.15) is 13.2 Å². The van der Waals surface area contributed by atoms with Gasteiger partial charge in [0.2, 0.25) is 0 Å². The van der Waals surface area contributed by atoms with Crippen LogP contribution in [-0.4, -0.2) is 38.3 Å². The highest BCUT2D eigenvalue weighted by atomic mass is 35.5. The molecule has 0 radical (unpaired) electrons. The van der Waals surface area contributed by atoms with E-state index in [4.69, 9.17) is 11.6 Å². The molecule has 5 rings (SSSR count). The van der Waals surface area contributed by atoms with Gasteiger partial charge in [0, 0.05) is 36.4 Å². The Labute approximate surface area is 184 Å². The van der Waals surface area contributed by atoms with Gasteiger partial charge in [-0.1, -0.05) is 23.8 Å². The fourth-order valence-corrected chi connectivity index (χ4v) is 4.89. The number of nitrogens with zero attached hydrogens (tertiary/aromatic N) is 4. The lowest BCUT2D eigenvalue weighted by molar-refractivity contribution is -0.136. The van der Waals surface area contributed by atoms with Gasteiger partial charge in [0.1, 0.15) is 10.2 Å². The number of allylic oxidation sites excluding steroid dienone is 2. The molecular weight excluding hydrogens is 449 g/mol. The first-order valence-corrected chi connectivity index (χ1v) is 10.9. The summed E-state index contributed by atoms with van der Waals surface area (Å²) in [6, 6.07) is 1.10. The number of pyridine rings is 1. The van der Waals surface area contributed by atoms with Crippen molar-refractivity contribution in [3.8, 4) is 0 Å². The smallest absolute Gasteiger partial charge is 0.329 e. The Morgan fingerprint density at radius 1 is 1.23 bits per heavy atom. The molecule has 31 heavy (non-hydrogen) atoms. The van der Waals surface area contributed by atoms with Crippen molar-refractivity contribution in [2.45, 2.75) is 25.4 Å². The van der Waals surface area contributed by atoms with E-state index in [0.29, 0.717) is 25.1 Å². The summed E-state index contributed by atoms with van der Waals surface area (Å²) < 4.78 is 42.6. The van der Waals surface area contributed by atoms with Crippen LogP contribution in [-0.2, 0) is 6.18 Å². The van der Waals surface area contributed by atoms with E-state index in [1.165, 1.54) is 26.8 Å². The molecule has 0 N–H and O–H groups in total. The van der Waals surface area contributed by atoms with Crippen molar-refractivity contribution in [1.29, 1.82) is 0 Å². The Bertz CT molecular complexity index is 1240. The number of carbonyl (C=O) groups excluding carboxylic acids is 1. The lowest BCUT2D eigenvalue weighted by Crippen LogP contribution is -2.29. The number of alkyl halides is 3. The number of hydrogen-bond acceptors (Lipinski definition) is 4. The number of imidazole rings is 1. The molecule has 160 valence electrons. The van der Waals surface area contributed by atoms with Crippen LogP contribution in [0.15, 0.2) is 36.0 Å². The molecule has 3 aromatic heterocycles. The molecular formula is C21H16ClF3N4OS. The Hall–Kier alpha value is -2.65. The van der Waals surface area contributed by atoms with Crippen LogP contribution in [0.5, 0.6) is 0 Å². The molecule has 3 aromatic rings. The molecule has 2 aliphatic rings. The summed E-state index contributed by atoms with van der Waals surface area (Å²) in [5.41, 5.74) is 0.747. The number of halogens is 4. The molecule has 5 nitrogen and oxygen atoms in total. The van der Waals surface area contributed by atoms with E-state index in [1.54, 1.807) is 6.20 Å². The summed E-state index contributed by atoms with van der Waals surface area (Å²) in [5, 5.41) is 2.54. The molecule has 4 heterocycles. The van der Waals surface area contributed by atoms with Crippen LogP contribution in [0.1, 0.15) is 45.9 Å². The minimum atomic E-state index is -4.63. The van der Waals surface area contributed by atoms with Crippen molar-refractivity contribution in [2.24, 2.45) is 0 Å². The molecule has 0 saturated heterocycles. The molecule has 0 unspecified atom stereocenters. The minimum absolute atomic E-state index is 0.117. The fraction of sp³-hybridized carbons (Fsp3) is 0.286. The van der Waals surface area contributed by atoms with E-state index in [1.807, 2.05) is 17.5 Å². The Morgan fingerprint density at radius 2 is 2.06 bits per heavy atom. The summed E-state index contributed by atoms with van der Waals surface area (Å²) in [7, 11) is 0. The number of carbonyl (C=O) groups is 1. The van der Waals surface area contributed by atoms with E-state index in [9.17, 15) is 18.0 Å². The molecule has 0 aromatic carbocycles. The number of thiazole rings is 1. The van der Waals surface area contributed by atoms with Crippen molar-refractivity contribution >= 4 is 45.6 Å². The number of hydrogen-bond donors (Lipinski definition) is 0. The summed E-state index contributed by atoms with van der Waals surface area (Å²) in [6.45, 7) is 0.628. The van der Waals surface area contributed by atoms with E-state index < -0.39 is 17.6 Å². The standard InChI is InChI=1S/C21H16ClF3N4OS/c22-17-16(20(30)28-7-5-13(10-28)19-26-6-8-31-19)27-18-15(21(23,24)25)9-14(11-29(17)18)12-3-1-2-4-12/h3,5-6,8-9,11H,1-2,4,7,10H2. The quantitative estimate of drug-likeness (QED) is 0.509. The monoisotopic (exact) mass is 464 g/mol. The zero-order chi connectivity index (χ0) is 21.8. The molecule has 0 spiro atoms. The minimum Gasteiger partial charge on any atom is -0.329 e. The van der Waals surface area contributed by atoms with Gasteiger partial charge in [-0.05, 0) is 36.5 Å². The zero-order valence-electron chi connectivity index (χ0n) is 16.1. The average molecular weight is 465 g/mol. The second-order valence-electron chi connectivity index (χ2n) is 7.46. The molecule has 0 saturated carbocycles. The number of amides is 1. The van der Waals surface area contributed by atoms with Crippen molar-refractivity contribution < 1.29 is 18.0 Å². The van der Waals surface area contributed by atoms with Gasteiger partial charge in [0.05, 0.1) is 5.56 Å². The first-order valence-electron chi connectivity index (χ1n) is 9.69.